The van der Waals surface area contributed by atoms with Crippen molar-refractivity contribution in [1.82, 2.24) is 0 Å². The maximum Gasteiger partial charge on any atom is 0.305 e. The first-order valence-electron chi connectivity index (χ1n) is 8.18. The number of ether oxygens (including phenoxy) is 3. The topological polar surface area (TPSA) is 44.8 Å². The number of hydrogen-bond acceptors (Lipinski definition) is 5. The summed E-state index contributed by atoms with van der Waals surface area (Å²) in [6.07, 6.45) is 10.2. The second kappa shape index (κ2) is 12.3. The molecule has 1 saturated heterocycles. The average molecular weight is 318 g/mol. The molecule has 0 aromatic rings. The Morgan fingerprint density at radius 2 is 2.05 bits per heavy atom. The van der Waals surface area contributed by atoms with Gasteiger partial charge in [-0.15, -0.1) is 0 Å². The Bertz CT molecular complexity index is 273. The van der Waals surface area contributed by atoms with Crippen LogP contribution in [0.4, 0.5) is 0 Å². The lowest BCUT2D eigenvalue weighted by Crippen LogP contribution is -2.21. The molecule has 4 nitrogen and oxygen atoms in total. The zero-order chi connectivity index (χ0) is 15.3. The predicted molar refractivity (Wildman–Crippen MR) is 86.6 cm³/mol. The van der Waals surface area contributed by atoms with Crippen molar-refractivity contribution in [3.63, 3.8) is 0 Å². The first-order valence-corrected chi connectivity index (χ1v) is 9.57. The van der Waals surface area contributed by atoms with Crippen LogP contribution in [0.3, 0.4) is 0 Å². The fourth-order valence-electron chi connectivity index (χ4n) is 2.27. The van der Waals surface area contributed by atoms with Gasteiger partial charge in [0.1, 0.15) is 12.7 Å². The third-order valence-electron chi connectivity index (χ3n) is 3.52. The van der Waals surface area contributed by atoms with E-state index < -0.39 is 0 Å². The number of esters is 1. The van der Waals surface area contributed by atoms with Gasteiger partial charge in [-0.3, -0.25) is 4.79 Å². The molecule has 0 aromatic heterocycles. The van der Waals surface area contributed by atoms with Crippen LogP contribution in [-0.2, 0) is 19.0 Å². The Morgan fingerprint density at radius 3 is 2.81 bits per heavy atom. The minimum Gasteiger partial charge on any atom is -0.463 e. The molecular formula is C16H30O4S. The van der Waals surface area contributed by atoms with Gasteiger partial charge in [0.25, 0.3) is 0 Å². The van der Waals surface area contributed by atoms with Crippen LogP contribution >= 0.6 is 11.8 Å². The number of thioether (sulfide) groups is 1. The summed E-state index contributed by atoms with van der Waals surface area (Å²) in [5, 5.41) is 0. The van der Waals surface area contributed by atoms with Crippen molar-refractivity contribution < 1.29 is 19.0 Å². The molecule has 5 heteroatoms. The molecule has 0 N–H and O–H groups in total. The minimum atomic E-state index is -0.116. The summed E-state index contributed by atoms with van der Waals surface area (Å²) < 4.78 is 16.5. The number of hydrogen-bond donors (Lipinski definition) is 0. The number of unbranched alkanes of at least 4 members (excludes halogenated alkanes) is 4. The van der Waals surface area contributed by atoms with Crippen LogP contribution in [0.25, 0.3) is 0 Å². The predicted octanol–water partition coefficient (Wildman–Crippen LogP) is 3.77. The SMILES string of the molecule is CCCCCCCC(=O)OCC1COC(CCCSC)O1. The van der Waals surface area contributed by atoms with Crippen LogP contribution in [-0.4, -0.2) is 43.6 Å². The maximum atomic E-state index is 11.6. The van der Waals surface area contributed by atoms with Crippen LogP contribution < -0.4 is 0 Å². The molecule has 0 spiro atoms. The molecule has 2 unspecified atom stereocenters. The molecule has 0 aliphatic carbocycles. The summed E-state index contributed by atoms with van der Waals surface area (Å²) >= 11 is 1.83. The van der Waals surface area contributed by atoms with E-state index in [1.807, 2.05) is 11.8 Å². The highest BCUT2D eigenvalue weighted by molar-refractivity contribution is 7.98. The van der Waals surface area contributed by atoms with E-state index in [0.29, 0.717) is 19.6 Å². The van der Waals surface area contributed by atoms with E-state index in [4.69, 9.17) is 14.2 Å². The van der Waals surface area contributed by atoms with E-state index in [1.54, 1.807) is 0 Å². The van der Waals surface area contributed by atoms with Gasteiger partial charge in [-0.25, -0.2) is 0 Å². The molecule has 1 rings (SSSR count). The molecule has 0 saturated carbocycles. The van der Waals surface area contributed by atoms with Gasteiger partial charge < -0.3 is 14.2 Å². The molecule has 124 valence electrons. The molecule has 1 aliphatic heterocycles. The van der Waals surface area contributed by atoms with Gasteiger partial charge in [-0.1, -0.05) is 32.6 Å². The normalized spacial score (nSPS) is 21.6. The number of carbonyl (C=O) groups is 1. The molecule has 2 atom stereocenters. The molecule has 1 aliphatic rings. The van der Waals surface area contributed by atoms with Crippen molar-refractivity contribution in [2.24, 2.45) is 0 Å². The molecule has 1 fully saturated rings. The van der Waals surface area contributed by atoms with Crippen molar-refractivity contribution in [3.05, 3.63) is 0 Å². The Labute approximate surface area is 133 Å². The van der Waals surface area contributed by atoms with Crippen LogP contribution in [0.15, 0.2) is 0 Å². The van der Waals surface area contributed by atoms with Gasteiger partial charge >= 0.3 is 5.97 Å². The molecule has 0 radical (unpaired) electrons. The van der Waals surface area contributed by atoms with E-state index in [0.717, 1.165) is 31.4 Å². The van der Waals surface area contributed by atoms with Gasteiger partial charge in [0, 0.05) is 6.42 Å². The highest BCUT2D eigenvalue weighted by Gasteiger charge is 2.26. The Morgan fingerprint density at radius 1 is 1.24 bits per heavy atom. The largest absolute Gasteiger partial charge is 0.463 e. The third kappa shape index (κ3) is 9.38. The van der Waals surface area contributed by atoms with E-state index in [1.165, 1.54) is 19.3 Å². The van der Waals surface area contributed by atoms with Crippen LogP contribution in [0.5, 0.6) is 0 Å². The minimum absolute atomic E-state index is 0.0895. The highest BCUT2D eigenvalue weighted by Crippen LogP contribution is 2.17. The quantitative estimate of drug-likeness (QED) is 0.405. The fourth-order valence-corrected chi connectivity index (χ4v) is 2.73. The standard InChI is InChI=1S/C16H30O4S/c1-3-4-5-6-7-9-15(17)18-12-14-13-19-16(20-14)10-8-11-21-2/h14,16H,3-13H2,1-2H3. The monoisotopic (exact) mass is 318 g/mol. The van der Waals surface area contributed by atoms with Crippen molar-refractivity contribution in [1.29, 1.82) is 0 Å². The Balaban J connectivity index is 1.98. The van der Waals surface area contributed by atoms with E-state index >= 15 is 0 Å². The highest BCUT2D eigenvalue weighted by atomic mass is 32.2. The summed E-state index contributed by atoms with van der Waals surface area (Å²) in [6, 6.07) is 0. The van der Waals surface area contributed by atoms with E-state index in [-0.39, 0.29) is 18.4 Å². The van der Waals surface area contributed by atoms with Gasteiger partial charge in [-0.2, -0.15) is 11.8 Å². The molecule has 0 bridgehead atoms. The summed E-state index contributed by atoms with van der Waals surface area (Å²) in [7, 11) is 0. The van der Waals surface area contributed by atoms with Crippen LogP contribution in [0.1, 0.15) is 58.3 Å². The smallest absolute Gasteiger partial charge is 0.305 e. The van der Waals surface area contributed by atoms with Gasteiger partial charge in [0.05, 0.1) is 6.61 Å². The van der Waals surface area contributed by atoms with Gasteiger partial charge in [0.2, 0.25) is 0 Å². The second-order valence-corrected chi connectivity index (χ2v) is 6.49. The van der Waals surface area contributed by atoms with E-state index in [9.17, 15) is 4.79 Å². The van der Waals surface area contributed by atoms with Crippen molar-refractivity contribution in [2.75, 3.05) is 25.2 Å². The summed E-state index contributed by atoms with van der Waals surface area (Å²) in [6.45, 7) is 3.05. The van der Waals surface area contributed by atoms with Gasteiger partial charge in [-0.05, 0) is 31.3 Å². The Kier molecular flexibility index (Phi) is 11.0. The average Bonchev–Trinajstić information content (AvgIpc) is 2.93. The first kappa shape index (κ1) is 18.8. The lowest BCUT2D eigenvalue weighted by Gasteiger charge is -2.11. The van der Waals surface area contributed by atoms with Crippen LogP contribution in [0.2, 0.25) is 0 Å². The summed E-state index contributed by atoms with van der Waals surface area (Å²) in [5.41, 5.74) is 0. The molecule has 0 amide bonds. The number of carbonyl (C=O) groups excluding carboxylic acids is 1. The van der Waals surface area contributed by atoms with Crippen molar-refractivity contribution in [2.45, 2.75) is 70.7 Å². The fraction of sp³-hybridized carbons (Fsp3) is 0.938. The van der Waals surface area contributed by atoms with E-state index in [2.05, 4.69) is 13.2 Å². The lowest BCUT2D eigenvalue weighted by atomic mass is 10.1. The lowest BCUT2D eigenvalue weighted by molar-refractivity contribution is -0.148. The molecule has 0 aromatic carbocycles. The molecule has 1 heterocycles. The summed E-state index contributed by atoms with van der Waals surface area (Å²) in [4.78, 5) is 11.6. The molecular weight excluding hydrogens is 288 g/mol. The summed E-state index contributed by atoms with van der Waals surface area (Å²) in [5.74, 6) is 1.02. The van der Waals surface area contributed by atoms with Crippen molar-refractivity contribution >= 4 is 17.7 Å². The number of rotatable bonds is 12. The Hall–Kier alpha value is -0.260. The zero-order valence-electron chi connectivity index (χ0n) is 13.5. The first-order chi connectivity index (χ1) is 10.3. The maximum absolute atomic E-state index is 11.6. The van der Waals surface area contributed by atoms with Crippen molar-refractivity contribution in [3.8, 4) is 0 Å². The van der Waals surface area contributed by atoms with Gasteiger partial charge in [0.15, 0.2) is 6.29 Å². The third-order valence-corrected chi connectivity index (χ3v) is 4.21. The zero-order valence-corrected chi connectivity index (χ0v) is 14.3. The second-order valence-electron chi connectivity index (χ2n) is 5.50. The van der Waals surface area contributed by atoms with Crippen LogP contribution in [0, 0.1) is 0 Å². The molecule has 21 heavy (non-hydrogen) atoms.